The molecule has 1 aliphatic rings. The van der Waals surface area contributed by atoms with E-state index in [4.69, 9.17) is 0 Å². The maximum Gasteiger partial charge on any atom is 0.150 e. The zero-order valence-electron chi connectivity index (χ0n) is 11.4. The van der Waals surface area contributed by atoms with Crippen LogP contribution in [0.15, 0.2) is 0 Å². The first kappa shape index (κ1) is 15.0. The molecule has 1 aliphatic heterocycles. The highest BCUT2D eigenvalue weighted by molar-refractivity contribution is 7.91. The molecule has 0 aromatic heterocycles. The second-order valence-electron chi connectivity index (χ2n) is 5.41. The predicted molar refractivity (Wildman–Crippen MR) is 72.9 cm³/mol. The monoisotopic (exact) mass is 261 g/mol. The van der Waals surface area contributed by atoms with Crippen LogP contribution in [0.1, 0.15) is 46.5 Å². The number of rotatable bonds is 7. The SMILES string of the molecule is CCCNC(C(C)CCC)C1CCS(=O)(=O)C1. The molecule has 3 atom stereocenters. The molecule has 3 unspecified atom stereocenters. The Morgan fingerprint density at radius 2 is 2.00 bits per heavy atom. The molecule has 0 radical (unpaired) electrons. The molecule has 17 heavy (non-hydrogen) atoms. The second kappa shape index (κ2) is 6.74. The van der Waals surface area contributed by atoms with Crippen LogP contribution in [0.3, 0.4) is 0 Å². The third-order valence-electron chi connectivity index (χ3n) is 3.76. The van der Waals surface area contributed by atoms with E-state index in [9.17, 15) is 8.42 Å². The number of sulfone groups is 1. The molecule has 0 saturated carbocycles. The summed E-state index contributed by atoms with van der Waals surface area (Å²) in [4.78, 5) is 0. The van der Waals surface area contributed by atoms with Gasteiger partial charge in [0.2, 0.25) is 0 Å². The molecule has 0 bridgehead atoms. The first-order chi connectivity index (χ1) is 8.00. The van der Waals surface area contributed by atoms with Gasteiger partial charge in [-0.05, 0) is 37.6 Å². The molecule has 0 aromatic carbocycles. The second-order valence-corrected chi connectivity index (χ2v) is 7.64. The Kier molecular flexibility index (Phi) is 5.93. The van der Waals surface area contributed by atoms with Crippen LogP contribution >= 0.6 is 0 Å². The Hall–Kier alpha value is -0.0900. The van der Waals surface area contributed by atoms with E-state index in [1.807, 2.05) is 0 Å². The van der Waals surface area contributed by atoms with Crippen molar-refractivity contribution in [3.8, 4) is 0 Å². The van der Waals surface area contributed by atoms with Crippen LogP contribution in [-0.2, 0) is 9.84 Å². The summed E-state index contributed by atoms with van der Waals surface area (Å²) in [7, 11) is -2.75. The summed E-state index contributed by atoms with van der Waals surface area (Å²) in [6.45, 7) is 7.59. The van der Waals surface area contributed by atoms with Crippen molar-refractivity contribution in [3.05, 3.63) is 0 Å². The first-order valence-corrected chi connectivity index (χ1v) is 8.76. The zero-order chi connectivity index (χ0) is 12.9. The van der Waals surface area contributed by atoms with Crippen molar-refractivity contribution in [2.24, 2.45) is 11.8 Å². The van der Waals surface area contributed by atoms with Gasteiger partial charge in [-0.1, -0.05) is 27.2 Å². The average molecular weight is 261 g/mol. The average Bonchev–Trinajstić information content (AvgIpc) is 2.60. The van der Waals surface area contributed by atoms with Crippen LogP contribution in [0.5, 0.6) is 0 Å². The van der Waals surface area contributed by atoms with Crippen molar-refractivity contribution in [1.29, 1.82) is 0 Å². The van der Waals surface area contributed by atoms with E-state index in [1.165, 1.54) is 12.8 Å². The van der Waals surface area contributed by atoms with Gasteiger partial charge in [0.25, 0.3) is 0 Å². The van der Waals surface area contributed by atoms with Gasteiger partial charge in [-0.3, -0.25) is 0 Å². The lowest BCUT2D eigenvalue weighted by Gasteiger charge is -2.29. The van der Waals surface area contributed by atoms with Gasteiger partial charge in [-0.15, -0.1) is 0 Å². The van der Waals surface area contributed by atoms with Crippen molar-refractivity contribution in [2.75, 3.05) is 18.1 Å². The number of hydrogen-bond acceptors (Lipinski definition) is 3. The lowest BCUT2D eigenvalue weighted by atomic mass is 9.86. The van der Waals surface area contributed by atoms with Crippen LogP contribution < -0.4 is 5.32 Å². The highest BCUT2D eigenvalue weighted by atomic mass is 32.2. The van der Waals surface area contributed by atoms with E-state index in [1.54, 1.807) is 0 Å². The van der Waals surface area contributed by atoms with Gasteiger partial charge in [-0.2, -0.15) is 0 Å². The predicted octanol–water partition coefficient (Wildman–Crippen LogP) is 2.23. The van der Waals surface area contributed by atoms with Gasteiger partial charge in [-0.25, -0.2) is 8.42 Å². The highest BCUT2D eigenvalue weighted by Crippen LogP contribution is 2.27. The molecule has 4 heteroatoms. The van der Waals surface area contributed by atoms with Crippen LogP contribution in [0.25, 0.3) is 0 Å². The molecular weight excluding hydrogens is 234 g/mol. The highest BCUT2D eigenvalue weighted by Gasteiger charge is 2.35. The third-order valence-corrected chi connectivity index (χ3v) is 5.56. The van der Waals surface area contributed by atoms with E-state index in [0.29, 0.717) is 29.4 Å². The Morgan fingerprint density at radius 1 is 1.29 bits per heavy atom. The maximum absolute atomic E-state index is 11.6. The van der Waals surface area contributed by atoms with Crippen LogP contribution in [0, 0.1) is 11.8 Å². The number of hydrogen-bond donors (Lipinski definition) is 1. The largest absolute Gasteiger partial charge is 0.313 e. The molecule has 0 amide bonds. The quantitative estimate of drug-likeness (QED) is 0.764. The standard InChI is InChI=1S/C13H27NO2S/c1-4-6-11(3)13(14-8-5-2)12-7-9-17(15,16)10-12/h11-14H,4-10H2,1-3H3. The fraction of sp³-hybridized carbons (Fsp3) is 1.00. The maximum atomic E-state index is 11.6. The summed E-state index contributed by atoms with van der Waals surface area (Å²) in [5, 5.41) is 3.57. The molecule has 0 aliphatic carbocycles. The molecule has 1 saturated heterocycles. The van der Waals surface area contributed by atoms with E-state index < -0.39 is 9.84 Å². The Morgan fingerprint density at radius 3 is 2.47 bits per heavy atom. The fourth-order valence-corrected chi connectivity index (χ4v) is 4.74. The van der Waals surface area contributed by atoms with Gasteiger partial charge in [0.1, 0.15) is 0 Å². The zero-order valence-corrected chi connectivity index (χ0v) is 12.2. The molecule has 1 rings (SSSR count). The van der Waals surface area contributed by atoms with Crippen LogP contribution in [0.4, 0.5) is 0 Å². The van der Waals surface area contributed by atoms with Crippen molar-refractivity contribution in [2.45, 2.75) is 52.5 Å². The van der Waals surface area contributed by atoms with Gasteiger partial charge in [0, 0.05) is 6.04 Å². The first-order valence-electron chi connectivity index (χ1n) is 6.94. The van der Waals surface area contributed by atoms with Gasteiger partial charge in [0.15, 0.2) is 9.84 Å². The van der Waals surface area contributed by atoms with Gasteiger partial charge in [0.05, 0.1) is 11.5 Å². The molecule has 102 valence electrons. The summed E-state index contributed by atoms with van der Waals surface area (Å²) < 4.78 is 23.1. The summed E-state index contributed by atoms with van der Waals surface area (Å²) in [6, 6.07) is 0.382. The molecule has 0 aromatic rings. The summed E-state index contributed by atoms with van der Waals surface area (Å²) in [5.74, 6) is 1.68. The molecule has 3 nitrogen and oxygen atoms in total. The fourth-order valence-electron chi connectivity index (χ4n) is 2.89. The Balaban J connectivity index is 2.62. The van der Waals surface area contributed by atoms with E-state index in [-0.39, 0.29) is 0 Å². The molecule has 1 heterocycles. The molecule has 1 fully saturated rings. The smallest absolute Gasteiger partial charge is 0.150 e. The van der Waals surface area contributed by atoms with Gasteiger partial charge < -0.3 is 5.32 Å². The molecular formula is C13H27NO2S. The van der Waals surface area contributed by atoms with E-state index in [0.717, 1.165) is 19.4 Å². The minimum atomic E-state index is -2.75. The van der Waals surface area contributed by atoms with Crippen molar-refractivity contribution >= 4 is 9.84 Å². The number of nitrogens with one attached hydrogen (secondary N) is 1. The Labute approximate surface area is 106 Å². The summed E-state index contributed by atoms with van der Waals surface area (Å²) in [6.07, 6.45) is 4.30. The lowest BCUT2D eigenvalue weighted by Crippen LogP contribution is -2.42. The van der Waals surface area contributed by atoms with Crippen molar-refractivity contribution in [1.82, 2.24) is 5.32 Å². The van der Waals surface area contributed by atoms with Gasteiger partial charge >= 0.3 is 0 Å². The van der Waals surface area contributed by atoms with Crippen LogP contribution in [0.2, 0.25) is 0 Å². The van der Waals surface area contributed by atoms with Crippen molar-refractivity contribution < 1.29 is 8.42 Å². The van der Waals surface area contributed by atoms with Crippen molar-refractivity contribution in [3.63, 3.8) is 0 Å². The van der Waals surface area contributed by atoms with Crippen LogP contribution in [-0.4, -0.2) is 32.5 Å². The molecule has 0 spiro atoms. The normalized spacial score (nSPS) is 26.9. The topological polar surface area (TPSA) is 46.2 Å². The van der Waals surface area contributed by atoms with E-state index >= 15 is 0 Å². The summed E-state index contributed by atoms with van der Waals surface area (Å²) >= 11 is 0. The third kappa shape index (κ3) is 4.59. The van der Waals surface area contributed by atoms with E-state index in [2.05, 4.69) is 26.1 Å². The lowest BCUT2D eigenvalue weighted by molar-refractivity contribution is 0.275. The Bertz CT molecular complexity index is 313. The minimum Gasteiger partial charge on any atom is -0.313 e. The summed E-state index contributed by atoms with van der Waals surface area (Å²) in [5.41, 5.74) is 0. The molecule has 1 N–H and O–H groups in total. The minimum absolute atomic E-state index is 0.327.